The average molecular weight is 338 g/mol. The van der Waals surface area contributed by atoms with E-state index in [4.69, 9.17) is 0 Å². The molecule has 0 aliphatic rings. The number of alkyl halides is 3. The number of hydrogen-bond donors (Lipinski definition) is 1. The largest absolute Gasteiger partial charge is 0.416 e. The van der Waals surface area contributed by atoms with Gasteiger partial charge in [0, 0.05) is 10.6 Å². The van der Waals surface area contributed by atoms with Crippen LogP contribution in [0.25, 0.3) is 0 Å². The normalized spacial score (nSPS) is 14.8. The summed E-state index contributed by atoms with van der Waals surface area (Å²) in [7, 11) is 0. The number of aliphatic hydroxyl groups is 1. The second kappa shape index (κ2) is 7.23. The van der Waals surface area contributed by atoms with Crippen LogP contribution in [0, 0.1) is 0 Å². The molecule has 0 saturated carbocycles. The number of rotatable bonds is 5. The van der Waals surface area contributed by atoms with Crippen LogP contribution in [0.2, 0.25) is 0 Å². The Morgan fingerprint density at radius 1 is 1.00 bits per heavy atom. The van der Waals surface area contributed by atoms with Crippen LogP contribution in [0.15, 0.2) is 71.6 Å². The molecule has 0 saturated heterocycles. The minimum absolute atomic E-state index is 0.216. The Hall–Kier alpha value is -1.72. The van der Waals surface area contributed by atoms with Gasteiger partial charge in [-0.15, -0.1) is 11.8 Å². The summed E-state index contributed by atoms with van der Waals surface area (Å²) in [4.78, 5) is 1.09. The molecule has 2 rings (SSSR count). The third kappa shape index (κ3) is 5.15. The Labute approximate surface area is 137 Å². The van der Waals surface area contributed by atoms with Crippen molar-refractivity contribution in [2.75, 3.05) is 5.75 Å². The van der Waals surface area contributed by atoms with E-state index in [0.717, 1.165) is 17.0 Å². The first-order chi connectivity index (χ1) is 10.8. The Kier molecular flexibility index (Phi) is 5.55. The minimum Gasteiger partial charge on any atom is -0.381 e. The third-order valence-corrected chi connectivity index (χ3v) is 4.27. The molecule has 0 heterocycles. The van der Waals surface area contributed by atoms with Crippen molar-refractivity contribution in [1.82, 2.24) is 0 Å². The Balaban J connectivity index is 2.05. The molecule has 0 spiro atoms. The van der Waals surface area contributed by atoms with Gasteiger partial charge in [-0.25, -0.2) is 0 Å². The fourth-order valence-electron chi connectivity index (χ4n) is 2.05. The molecule has 23 heavy (non-hydrogen) atoms. The smallest absolute Gasteiger partial charge is 0.381 e. The fourth-order valence-corrected chi connectivity index (χ4v) is 2.78. The van der Waals surface area contributed by atoms with Crippen LogP contribution >= 0.6 is 11.8 Å². The summed E-state index contributed by atoms with van der Waals surface area (Å²) in [5.41, 5.74) is -1.99. The quantitative estimate of drug-likeness (QED) is 0.593. The van der Waals surface area contributed by atoms with Gasteiger partial charge in [-0.2, -0.15) is 13.2 Å². The van der Waals surface area contributed by atoms with Gasteiger partial charge >= 0.3 is 6.18 Å². The lowest BCUT2D eigenvalue weighted by Crippen LogP contribution is -2.19. The molecular weight excluding hydrogens is 321 g/mol. The van der Waals surface area contributed by atoms with E-state index in [1.54, 1.807) is 17.8 Å². The molecule has 0 aromatic heterocycles. The molecule has 1 nitrogen and oxygen atoms in total. The van der Waals surface area contributed by atoms with E-state index in [1.807, 2.05) is 30.3 Å². The molecule has 0 bridgehead atoms. The molecular formula is C18H17F3OS. The van der Waals surface area contributed by atoms with Crippen molar-refractivity contribution in [3.05, 3.63) is 77.9 Å². The molecule has 1 unspecified atom stereocenters. The van der Waals surface area contributed by atoms with Crippen LogP contribution in [0.1, 0.15) is 18.1 Å². The van der Waals surface area contributed by atoms with Crippen LogP contribution in [0.3, 0.4) is 0 Å². The zero-order chi connectivity index (χ0) is 16.9. The van der Waals surface area contributed by atoms with Crippen molar-refractivity contribution in [1.29, 1.82) is 0 Å². The molecule has 122 valence electrons. The van der Waals surface area contributed by atoms with Crippen LogP contribution < -0.4 is 0 Å². The van der Waals surface area contributed by atoms with Crippen molar-refractivity contribution in [3.63, 3.8) is 0 Å². The van der Waals surface area contributed by atoms with Crippen molar-refractivity contribution in [3.8, 4) is 0 Å². The molecule has 0 aliphatic carbocycles. The highest BCUT2D eigenvalue weighted by atomic mass is 32.2. The first-order valence-corrected chi connectivity index (χ1v) is 8.03. The summed E-state index contributed by atoms with van der Waals surface area (Å²) in [5, 5.41) is 10.4. The first kappa shape index (κ1) is 17.6. The number of thioether (sulfide) groups is 1. The summed E-state index contributed by atoms with van der Waals surface area (Å²) in [6, 6.07) is 14.5. The molecule has 1 atom stereocenters. The number of halogens is 3. The number of hydrogen-bond acceptors (Lipinski definition) is 2. The van der Waals surface area contributed by atoms with E-state index < -0.39 is 17.3 Å². The van der Waals surface area contributed by atoms with E-state index in [1.165, 1.54) is 25.1 Å². The van der Waals surface area contributed by atoms with Crippen molar-refractivity contribution >= 4 is 11.8 Å². The lowest BCUT2D eigenvalue weighted by molar-refractivity contribution is -0.137. The highest BCUT2D eigenvalue weighted by Gasteiger charge is 2.32. The zero-order valence-electron chi connectivity index (χ0n) is 12.5. The summed E-state index contributed by atoms with van der Waals surface area (Å²) in [6.07, 6.45) is -1.13. The third-order valence-electron chi connectivity index (χ3n) is 3.31. The van der Waals surface area contributed by atoms with E-state index in [9.17, 15) is 18.3 Å². The van der Waals surface area contributed by atoms with Crippen molar-refractivity contribution in [2.45, 2.75) is 23.6 Å². The maximum Gasteiger partial charge on any atom is 0.416 e. The maximum absolute atomic E-state index is 12.7. The topological polar surface area (TPSA) is 20.2 Å². The first-order valence-electron chi connectivity index (χ1n) is 7.05. The monoisotopic (exact) mass is 338 g/mol. The second-order valence-electron chi connectivity index (χ2n) is 5.25. The minimum atomic E-state index is -4.42. The van der Waals surface area contributed by atoms with E-state index in [-0.39, 0.29) is 5.56 Å². The SMILES string of the molecule is CC(O)(/C=C/CSc1ccccc1)c1cccc(C(F)(F)F)c1. The molecule has 2 aromatic rings. The van der Waals surface area contributed by atoms with Gasteiger partial charge < -0.3 is 5.11 Å². The molecule has 0 aliphatic heterocycles. The fraction of sp³-hybridized carbons (Fsp3) is 0.222. The highest BCUT2D eigenvalue weighted by molar-refractivity contribution is 7.99. The Bertz CT molecular complexity index is 663. The Morgan fingerprint density at radius 3 is 2.30 bits per heavy atom. The molecule has 0 radical (unpaired) electrons. The summed E-state index contributed by atoms with van der Waals surface area (Å²) < 4.78 is 38.2. The lowest BCUT2D eigenvalue weighted by Gasteiger charge is -2.21. The van der Waals surface area contributed by atoms with Crippen LogP contribution in [0.5, 0.6) is 0 Å². The van der Waals surface area contributed by atoms with Gasteiger partial charge in [-0.3, -0.25) is 0 Å². The second-order valence-corrected chi connectivity index (χ2v) is 6.35. The van der Waals surface area contributed by atoms with Gasteiger partial charge in [0.15, 0.2) is 0 Å². The van der Waals surface area contributed by atoms with Gasteiger partial charge in [-0.1, -0.05) is 42.5 Å². The average Bonchev–Trinajstić information content (AvgIpc) is 2.52. The van der Waals surface area contributed by atoms with E-state index in [2.05, 4.69) is 0 Å². The van der Waals surface area contributed by atoms with E-state index in [0.29, 0.717) is 5.75 Å². The van der Waals surface area contributed by atoms with Crippen molar-refractivity contribution < 1.29 is 18.3 Å². The van der Waals surface area contributed by atoms with Gasteiger partial charge in [0.2, 0.25) is 0 Å². The van der Waals surface area contributed by atoms with E-state index >= 15 is 0 Å². The van der Waals surface area contributed by atoms with Gasteiger partial charge in [0.25, 0.3) is 0 Å². The van der Waals surface area contributed by atoms with Crippen LogP contribution in [-0.4, -0.2) is 10.9 Å². The number of benzene rings is 2. The summed E-state index contributed by atoms with van der Waals surface area (Å²) in [5.74, 6) is 0.624. The van der Waals surface area contributed by atoms with Gasteiger partial charge in [0.05, 0.1) is 5.56 Å². The molecule has 0 fully saturated rings. The zero-order valence-corrected chi connectivity index (χ0v) is 13.4. The summed E-state index contributed by atoms with van der Waals surface area (Å²) in [6.45, 7) is 1.48. The lowest BCUT2D eigenvalue weighted by atomic mass is 9.94. The van der Waals surface area contributed by atoms with Crippen molar-refractivity contribution in [2.24, 2.45) is 0 Å². The van der Waals surface area contributed by atoms with Gasteiger partial charge in [-0.05, 0) is 36.8 Å². The highest BCUT2D eigenvalue weighted by Crippen LogP contribution is 2.32. The predicted molar refractivity (Wildman–Crippen MR) is 87.3 cm³/mol. The standard InChI is InChI=1S/C18H17F3OS/c1-17(22,11-6-12-23-16-9-3-2-4-10-16)14-7-5-8-15(13-14)18(19,20)21/h2-11,13,22H,12H2,1H3/b11-6+. The van der Waals surface area contributed by atoms with Crippen LogP contribution in [-0.2, 0) is 11.8 Å². The molecule has 1 N–H and O–H groups in total. The predicted octanol–water partition coefficient (Wildman–Crippen LogP) is 5.26. The van der Waals surface area contributed by atoms with Crippen LogP contribution in [0.4, 0.5) is 13.2 Å². The Morgan fingerprint density at radius 2 is 1.65 bits per heavy atom. The summed E-state index contributed by atoms with van der Waals surface area (Å²) >= 11 is 1.59. The molecule has 2 aromatic carbocycles. The molecule has 0 amide bonds. The maximum atomic E-state index is 12.7. The van der Waals surface area contributed by atoms with Gasteiger partial charge in [0.1, 0.15) is 5.60 Å². The molecule has 5 heteroatoms.